The summed E-state index contributed by atoms with van der Waals surface area (Å²) in [7, 11) is 0. The number of carbonyl (C=O) groups is 3. The topological polar surface area (TPSA) is 120 Å². The van der Waals surface area contributed by atoms with E-state index in [1.807, 2.05) is 0 Å². The summed E-state index contributed by atoms with van der Waals surface area (Å²) in [6, 6.07) is 5.61. The summed E-state index contributed by atoms with van der Waals surface area (Å²) in [5.41, 5.74) is -0.321. The second-order valence-electron chi connectivity index (χ2n) is 8.10. The van der Waals surface area contributed by atoms with Gasteiger partial charge in [0.05, 0.1) is 5.69 Å². The molecule has 2 N–H and O–H groups in total. The monoisotopic (exact) mass is 444 g/mol. The van der Waals surface area contributed by atoms with Crippen LogP contribution in [0.2, 0.25) is 0 Å². The number of para-hydroxylation sites is 1. The third-order valence-electron chi connectivity index (χ3n) is 6.01. The van der Waals surface area contributed by atoms with E-state index in [4.69, 9.17) is 0 Å². The molecular weight excluding hydrogens is 419 g/mol. The van der Waals surface area contributed by atoms with Gasteiger partial charge in [-0.3, -0.25) is 14.9 Å². The van der Waals surface area contributed by atoms with Crippen LogP contribution < -0.4 is 11.0 Å². The minimum atomic E-state index is -0.496. The number of imide groups is 1. The molecule has 3 heterocycles. The lowest BCUT2D eigenvalue weighted by molar-refractivity contribution is -0.132. The highest BCUT2D eigenvalue weighted by Gasteiger charge is 2.27. The molecule has 0 bridgehead atoms. The molecule has 2 aliphatic heterocycles. The zero-order valence-corrected chi connectivity index (χ0v) is 17.6. The number of aromatic nitrogens is 3. The third-order valence-corrected chi connectivity index (χ3v) is 6.01. The van der Waals surface area contributed by atoms with Crippen LogP contribution in [0.4, 0.5) is 9.18 Å². The average Bonchev–Trinajstić information content (AvgIpc) is 3.13. The van der Waals surface area contributed by atoms with E-state index in [-0.39, 0.29) is 42.8 Å². The molecule has 32 heavy (non-hydrogen) atoms. The van der Waals surface area contributed by atoms with Crippen molar-refractivity contribution in [2.24, 2.45) is 5.92 Å². The Hall–Kier alpha value is -3.50. The number of hydrogen-bond donors (Lipinski definition) is 2. The Labute approximate surface area is 183 Å². The van der Waals surface area contributed by atoms with Gasteiger partial charge in [-0.2, -0.15) is 5.10 Å². The van der Waals surface area contributed by atoms with E-state index in [1.54, 1.807) is 17.0 Å². The summed E-state index contributed by atoms with van der Waals surface area (Å²) in [6.07, 6.45) is 2.43. The average molecular weight is 444 g/mol. The Morgan fingerprint density at radius 1 is 1.12 bits per heavy atom. The van der Waals surface area contributed by atoms with Gasteiger partial charge in [0.2, 0.25) is 11.8 Å². The number of rotatable bonds is 6. The molecule has 2 saturated heterocycles. The molecule has 0 aliphatic carbocycles. The van der Waals surface area contributed by atoms with Crippen molar-refractivity contribution in [1.29, 1.82) is 0 Å². The van der Waals surface area contributed by atoms with Crippen LogP contribution in [0.3, 0.4) is 0 Å². The van der Waals surface area contributed by atoms with Crippen LogP contribution in [0.5, 0.6) is 0 Å². The highest BCUT2D eigenvalue weighted by molar-refractivity contribution is 5.96. The Balaban J connectivity index is 1.30. The molecule has 1 aromatic carbocycles. The molecule has 0 radical (unpaired) electrons. The zero-order valence-electron chi connectivity index (χ0n) is 17.6. The lowest BCUT2D eigenvalue weighted by Crippen LogP contribution is -2.50. The van der Waals surface area contributed by atoms with Crippen molar-refractivity contribution < 1.29 is 18.8 Å². The molecule has 0 spiro atoms. The van der Waals surface area contributed by atoms with Gasteiger partial charge in [-0.15, -0.1) is 0 Å². The minimum absolute atomic E-state index is 0.0313. The predicted molar refractivity (Wildman–Crippen MR) is 111 cm³/mol. The molecule has 4 amide bonds. The number of halogens is 1. The number of amides is 4. The minimum Gasteiger partial charge on any atom is -0.343 e. The summed E-state index contributed by atoms with van der Waals surface area (Å²) in [5, 5.41) is 8.74. The van der Waals surface area contributed by atoms with Crippen molar-refractivity contribution in [3.8, 4) is 5.69 Å². The van der Waals surface area contributed by atoms with Gasteiger partial charge in [0.1, 0.15) is 11.6 Å². The van der Waals surface area contributed by atoms with Gasteiger partial charge < -0.3 is 9.80 Å². The number of benzene rings is 1. The quantitative estimate of drug-likeness (QED) is 0.683. The maximum Gasteiger partial charge on any atom is 0.348 e. The summed E-state index contributed by atoms with van der Waals surface area (Å²) < 4.78 is 15.5. The van der Waals surface area contributed by atoms with Gasteiger partial charge >= 0.3 is 11.7 Å². The lowest BCUT2D eigenvalue weighted by atomic mass is 9.93. The highest BCUT2D eigenvalue weighted by Crippen LogP contribution is 2.22. The predicted octanol–water partition coefficient (Wildman–Crippen LogP) is 0.813. The van der Waals surface area contributed by atoms with Crippen molar-refractivity contribution in [3.63, 3.8) is 0 Å². The van der Waals surface area contributed by atoms with Crippen molar-refractivity contribution in [3.05, 3.63) is 46.4 Å². The number of H-pyrrole nitrogens is 1. The normalized spacial score (nSPS) is 17.5. The van der Waals surface area contributed by atoms with Gasteiger partial charge in [-0.25, -0.2) is 23.6 Å². The number of carbonyl (C=O) groups excluding carboxylic acids is 3. The molecule has 1 aromatic heterocycles. The van der Waals surface area contributed by atoms with E-state index in [0.29, 0.717) is 31.9 Å². The molecule has 170 valence electrons. The van der Waals surface area contributed by atoms with Crippen molar-refractivity contribution in [2.75, 3.05) is 26.2 Å². The van der Waals surface area contributed by atoms with E-state index >= 15 is 0 Å². The Morgan fingerprint density at radius 2 is 1.88 bits per heavy atom. The molecule has 2 aliphatic rings. The maximum atomic E-state index is 14.2. The second kappa shape index (κ2) is 9.33. The van der Waals surface area contributed by atoms with E-state index in [9.17, 15) is 23.6 Å². The summed E-state index contributed by atoms with van der Waals surface area (Å²) in [5.74, 6) is -0.146. The molecule has 10 nitrogen and oxygen atoms in total. The molecule has 0 saturated carbocycles. The standard InChI is InChI=1S/C21H25FN6O4/c22-15-3-1-2-4-16(15)28-17(24-25-21(28)32)13-14-5-9-26(10-6-14)19(30)8-12-27-11-7-18(29)23-20(27)31/h1-4,14H,5-13H2,(H,25,32)(H,23,29,31). The van der Waals surface area contributed by atoms with Gasteiger partial charge in [0, 0.05) is 45.4 Å². The van der Waals surface area contributed by atoms with Gasteiger partial charge in [-0.05, 0) is 30.9 Å². The first-order valence-corrected chi connectivity index (χ1v) is 10.7. The number of nitrogens with one attached hydrogen (secondary N) is 2. The van der Waals surface area contributed by atoms with Crippen molar-refractivity contribution in [2.45, 2.75) is 32.1 Å². The van der Waals surface area contributed by atoms with Gasteiger partial charge in [-0.1, -0.05) is 12.1 Å². The number of piperidine rings is 1. The molecular formula is C21H25FN6O4. The van der Waals surface area contributed by atoms with Crippen molar-refractivity contribution >= 4 is 17.8 Å². The fourth-order valence-corrected chi connectivity index (χ4v) is 4.19. The van der Waals surface area contributed by atoms with E-state index in [2.05, 4.69) is 15.5 Å². The Kier molecular flexibility index (Phi) is 6.33. The van der Waals surface area contributed by atoms with Crippen LogP contribution in [-0.4, -0.2) is 68.6 Å². The summed E-state index contributed by atoms with van der Waals surface area (Å²) in [4.78, 5) is 51.0. The molecule has 2 aromatic rings. The van der Waals surface area contributed by atoms with E-state index < -0.39 is 17.5 Å². The molecule has 4 rings (SSSR count). The summed E-state index contributed by atoms with van der Waals surface area (Å²) in [6.45, 7) is 1.75. The number of aromatic amines is 1. The van der Waals surface area contributed by atoms with Crippen LogP contribution in [0.15, 0.2) is 29.1 Å². The molecule has 2 fully saturated rings. The maximum absolute atomic E-state index is 14.2. The van der Waals surface area contributed by atoms with Gasteiger partial charge in [0.15, 0.2) is 0 Å². The van der Waals surface area contributed by atoms with Crippen LogP contribution in [0.25, 0.3) is 5.69 Å². The van der Waals surface area contributed by atoms with Crippen molar-refractivity contribution in [1.82, 2.24) is 29.9 Å². The first-order valence-electron chi connectivity index (χ1n) is 10.7. The molecule has 0 unspecified atom stereocenters. The zero-order chi connectivity index (χ0) is 22.7. The fourth-order valence-electron chi connectivity index (χ4n) is 4.19. The molecule has 11 heteroatoms. The second-order valence-corrected chi connectivity index (χ2v) is 8.10. The highest BCUT2D eigenvalue weighted by atomic mass is 19.1. The SMILES string of the molecule is O=C1CCN(CCC(=O)N2CCC(Cc3n[nH]c(=O)n3-c3ccccc3F)CC2)C(=O)N1. The third kappa shape index (κ3) is 4.71. The van der Waals surface area contributed by atoms with Crippen LogP contribution in [0, 0.1) is 11.7 Å². The largest absolute Gasteiger partial charge is 0.348 e. The molecule has 0 atom stereocenters. The fraction of sp³-hybridized carbons (Fsp3) is 0.476. The van der Waals surface area contributed by atoms with E-state index in [0.717, 1.165) is 12.8 Å². The lowest BCUT2D eigenvalue weighted by Gasteiger charge is -2.33. The number of nitrogens with zero attached hydrogens (tertiary/aromatic N) is 4. The number of urea groups is 1. The van der Waals surface area contributed by atoms with Crippen LogP contribution in [-0.2, 0) is 16.0 Å². The Bertz CT molecular complexity index is 1070. The van der Waals surface area contributed by atoms with E-state index in [1.165, 1.54) is 21.6 Å². The van der Waals surface area contributed by atoms with Gasteiger partial charge in [0.25, 0.3) is 0 Å². The van der Waals surface area contributed by atoms with Crippen LogP contribution in [0.1, 0.15) is 31.5 Å². The summed E-state index contributed by atoms with van der Waals surface area (Å²) >= 11 is 0. The smallest absolute Gasteiger partial charge is 0.343 e. The van der Waals surface area contributed by atoms with Crippen LogP contribution >= 0.6 is 0 Å². The number of likely N-dealkylation sites (tertiary alicyclic amines) is 1. The first-order chi connectivity index (χ1) is 15.4. The Morgan fingerprint density at radius 3 is 2.59 bits per heavy atom. The number of hydrogen-bond acceptors (Lipinski definition) is 5. The first kappa shape index (κ1) is 21.7.